The Morgan fingerprint density at radius 3 is 2.42 bits per heavy atom. The van der Waals surface area contributed by atoms with E-state index < -0.39 is 20.1 Å². The van der Waals surface area contributed by atoms with Crippen molar-refractivity contribution in [3.8, 4) is 0 Å². The Kier molecular flexibility index (Phi) is 4.41. The molecule has 0 rings (SSSR count). The largest absolute Gasteiger partial charge is 0.472 e. The first-order valence-electron chi connectivity index (χ1n) is 3.28. The highest BCUT2D eigenvalue weighted by Crippen LogP contribution is 2.37. The number of esters is 1. The highest BCUT2D eigenvalue weighted by molar-refractivity contribution is 7.46. The SMILES string of the molecule is CCC(=O)OC(C)OP(=O)(O)O. The molecule has 0 aromatic rings. The molecule has 0 fully saturated rings. The number of carbonyl (C=O) groups is 1. The van der Waals surface area contributed by atoms with Gasteiger partial charge in [0.1, 0.15) is 0 Å². The fourth-order valence-corrected chi connectivity index (χ4v) is 0.913. The number of phosphoric acid groups is 1. The van der Waals surface area contributed by atoms with Crippen LogP contribution in [0.4, 0.5) is 0 Å². The number of rotatable bonds is 4. The van der Waals surface area contributed by atoms with Crippen LogP contribution in [-0.4, -0.2) is 22.0 Å². The van der Waals surface area contributed by atoms with Crippen LogP contribution in [0.3, 0.4) is 0 Å². The molecule has 0 aromatic heterocycles. The van der Waals surface area contributed by atoms with E-state index in [0.29, 0.717) is 0 Å². The van der Waals surface area contributed by atoms with E-state index in [4.69, 9.17) is 9.79 Å². The molecular formula is C5H11O6P. The summed E-state index contributed by atoms with van der Waals surface area (Å²) in [5.74, 6) is -0.573. The lowest BCUT2D eigenvalue weighted by molar-refractivity contribution is -0.162. The van der Waals surface area contributed by atoms with Crippen LogP contribution < -0.4 is 0 Å². The predicted molar refractivity (Wildman–Crippen MR) is 39.0 cm³/mol. The molecule has 0 radical (unpaired) electrons. The fourth-order valence-electron chi connectivity index (χ4n) is 0.483. The molecule has 7 heteroatoms. The van der Waals surface area contributed by atoms with Gasteiger partial charge in [-0.1, -0.05) is 6.92 Å². The van der Waals surface area contributed by atoms with Crippen molar-refractivity contribution in [2.24, 2.45) is 0 Å². The quantitative estimate of drug-likeness (QED) is 0.385. The van der Waals surface area contributed by atoms with E-state index in [9.17, 15) is 9.36 Å². The van der Waals surface area contributed by atoms with E-state index >= 15 is 0 Å². The average Bonchev–Trinajstić information content (AvgIpc) is 1.82. The minimum Gasteiger partial charge on any atom is -0.435 e. The molecule has 0 amide bonds. The molecule has 0 aromatic carbocycles. The molecule has 1 atom stereocenters. The van der Waals surface area contributed by atoms with E-state index in [1.807, 2.05) is 0 Å². The number of carbonyl (C=O) groups excluding carboxylic acids is 1. The zero-order valence-electron chi connectivity index (χ0n) is 6.76. The van der Waals surface area contributed by atoms with Gasteiger partial charge in [-0.05, 0) is 6.92 Å². The Morgan fingerprint density at radius 1 is 1.58 bits per heavy atom. The molecule has 6 nitrogen and oxygen atoms in total. The highest BCUT2D eigenvalue weighted by atomic mass is 31.2. The Labute approximate surface area is 69.7 Å². The van der Waals surface area contributed by atoms with Gasteiger partial charge in [0.15, 0.2) is 0 Å². The molecule has 0 heterocycles. The molecule has 1 unspecified atom stereocenters. The van der Waals surface area contributed by atoms with Crippen molar-refractivity contribution >= 4 is 13.8 Å². The van der Waals surface area contributed by atoms with E-state index in [1.165, 1.54) is 6.92 Å². The van der Waals surface area contributed by atoms with Crippen LogP contribution in [0.1, 0.15) is 20.3 Å². The lowest BCUT2D eigenvalue weighted by Gasteiger charge is -2.13. The molecule has 2 N–H and O–H groups in total. The summed E-state index contributed by atoms with van der Waals surface area (Å²) in [5, 5.41) is 0. The molecule has 72 valence electrons. The summed E-state index contributed by atoms with van der Waals surface area (Å²) >= 11 is 0. The molecule has 0 spiro atoms. The van der Waals surface area contributed by atoms with Crippen LogP contribution in [0.15, 0.2) is 0 Å². The van der Waals surface area contributed by atoms with Gasteiger partial charge in [0, 0.05) is 6.42 Å². The predicted octanol–water partition coefficient (Wildman–Crippen LogP) is 0.395. The third-order valence-corrected chi connectivity index (χ3v) is 1.44. The fraction of sp³-hybridized carbons (Fsp3) is 0.800. The molecule has 0 aliphatic rings. The van der Waals surface area contributed by atoms with Crippen LogP contribution in [0.25, 0.3) is 0 Å². The number of hydrogen-bond donors (Lipinski definition) is 2. The van der Waals surface area contributed by atoms with Crippen LogP contribution in [-0.2, 0) is 18.6 Å². The van der Waals surface area contributed by atoms with E-state index in [-0.39, 0.29) is 6.42 Å². The monoisotopic (exact) mass is 198 g/mol. The average molecular weight is 198 g/mol. The van der Waals surface area contributed by atoms with Crippen molar-refractivity contribution in [2.45, 2.75) is 26.6 Å². The normalized spacial score (nSPS) is 14.0. The lowest BCUT2D eigenvalue weighted by Crippen LogP contribution is -2.16. The minimum atomic E-state index is -4.57. The van der Waals surface area contributed by atoms with E-state index in [1.54, 1.807) is 6.92 Å². The molecule has 0 bridgehead atoms. The van der Waals surface area contributed by atoms with Crippen LogP contribution in [0.5, 0.6) is 0 Å². The van der Waals surface area contributed by atoms with E-state index in [2.05, 4.69) is 9.26 Å². The smallest absolute Gasteiger partial charge is 0.435 e. The second-order valence-electron chi connectivity index (χ2n) is 2.01. The van der Waals surface area contributed by atoms with Gasteiger partial charge in [-0.3, -0.25) is 4.79 Å². The molecule has 12 heavy (non-hydrogen) atoms. The van der Waals surface area contributed by atoms with Gasteiger partial charge in [-0.2, -0.15) is 0 Å². The first kappa shape index (κ1) is 11.6. The molecule has 0 saturated heterocycles. The van der Waals surface area contributed by atoms with Gasteiger partial charge in [-0.15, -0.1) is 0 Å². The zero-order valence-corrected chi connectivity index (χ0v) is 7.65. The van der Waals surface area contributed by atoms with Crippen LogP contribution in [0.2, 0.25) is 0 Å². The van der Waals surface area contributed by atoms with Gasteiger partial charge in [0.25, 0.3) is 0 Å². The standard InChI is InChI=1S/C5H11O6P/c1-3-5(6)10-4(2)11-12(7,8)9/h4H,3H2,1-2H3,(H2,7,8,9). The van der Waals surface area contributed by atoms with Gasteiger partial charge in [-0.25, -0.2) is 9.09 Å². The minimum absolute atomic E-state index is 0.134. The zero-order chi connectivity index (χ0) is 9.78. The van der Waals surface area contributed by atoms with Gasteiger partial charge in [0.2, 0.25) is 6.29 Å². The molecular weight excluding hydrogens is 187 g/mol. The summed E-state index contributed by atoms with van der Waals surface area (Å²) in [6, 6.07) is 0. The van der Waals surface area contributed by atoms with Crippen molar-refractivity contribution in [1.82, 2.24) is 0 Å². The number of phosphoric ester groups is 1. The highest BCUT2D eigenvalue weighted by Gasteiger charge is 2.20. The molecule has 0 aliphatic carbocycles. The summed E-state index contributed by atoms with van der Waals surface area (Å²) in [6.45, 7) is 2.79. The van der Waals surface area contributed by atoms with Crippen molar-refractivity contribution in [3.63, 3.8) is 0 Å². The van der Waals surface area contributed by atoms with Crippen molar-refractivity contribution in [2.75, 3.05) is 0 Å². The summed E-state index contributed by atoms with van der Waals surface area (Å²) in [5.41, 5.74) is 0. The van der Waals surface area contributed by atoms with Gasteiger partial charge in [0.05, 0.1) is 0 Å². The van der Waals surface area contributed by atoms with Crippen LogP contribution in [0, 0.1) is 0 Å². The number of ether oxygens (including phenoxy) is 1. The summed E-state index contributed by atoms with van der Waals surface area (Å²) in [6.07, 6.45) is -1.09. The van der Waals surface area contributed by atoms with Gasteiger partial charge >= 0.3 is 13.8 Å². The third-order valence-electron chi connectivity index (χ3n) is 0.872. The molecule has 0 saturated carbocycles. The maximum absolute atomic E-state index is 10.6. The summed E-state index contributed by atoms with van der Waals surface area (Å²) in [7, 11) is -4.57. The van der Waals surface area contributed by atoms with Crippen molar-refractivity contribution < 1.29 is 28.4 Å². The first-order valence-corrected chi connectivity index (χ1v) is 4.81. The Balaban J connectivity index is 3.82. The lowest BCUT2D eigenvalue weighted by atomic mass is 10.5. The Bertz CT molecular complexity index is 196. The second-order valence-corrected chi connectivity index (χ2v) is 3.20. The summed E-state index contributed by atoms with van der Waals surface area (Å²) < 4.78 is 18.6. The second kappa shape index (κ2) is 4.57. The Hall–Kier alpha value is -0.420. The maximum atomic E-state index is 10.6. The molecule has 0 aliphatic heterocycles. The first-order chi connectivity index (χ1) is 5.35. The Morgan fingerprint density at radius 2 is 2.08 bits per heavy atom. The topological polar surface area (TPSA) is 93.1 Å². The van der Waals surface area contributed by atoms with Crippen molar-refractivity contribution in [3.05, 3.63) is 0 Å². The van der Waals surface area contributed by atoms with E-state index in [0.717, 1.165) is 0 Å². The maximum Gasteiger partial charge on any atom is 0.472 e. The van der Waals surface area contributed by atoms with Crippen molar-refractivity contribution in [1.29, 1.82) is 0 Å². The summed E-state index contributed by atoms with van der Waals surface area (Å²) in [4.78, 5) is 27.1. The van der Waals surface area contributed by atoms with Gasteiger partial charge < -0.3 is 14.5 Å². The van der Waals surface area contributed by atoms with Crippen LogP contribution >= 0.6 is 7.82 Å². The third kappa shape index (κ3) is 6.30. The number of hydrogen-bond acceptors (Lipinski definition) is 4.